The van der Waals surface area contributed by atoms with Gasteiger partial charge in [-0.1, -0.05) is 13.8 Å². The lowest BCUT2D eigenvalue weighted by molar-refractivity contribution is -0.132. The zero-order valence-electron chi connectivity index (χ0n) is 14.1. The van der Waals surface area contributed by atoms with Gasteiger partial charge in [0.1, 0.15) is 5.54 Å². The molecule has 6 heteroatoms. The van der Waals surface area contributed by atoms with E-state index in [2.05, 4.69) is 11.4 Å². The van der Waals surface area contributed by atoms with Crippen LogP contribution in [0.2, 0.25) is 0 Å². The fourth-order valence-electron chi connectivity index (χ4n) is 1.84. The van der Waals surface area contributed by atoms with Gasteiger partial charge in [0.2, 0.25) is 11.8 Å². The molecule has 120 valence electrons. The Morgan fingerprint density at radius 1 is 1.24 bits per heavy atom. The Bertz CT molecular complexity index is 399. The summed E-state index contributed by atoms with van der Waals surface area (Å²) in [6.07, 6.45) is 0. The summed E-state index contributed by atoms with van der Waals surface area (Å²) in [4.78, 5) is 27.3. The minimum Gasteiger partial charge on any atom is -0.342 e. The summed E-state index contributed by atoms with van der Waals surface area (Å²) in [7, 11) is 1.72. The molecule has 0 aliphatic rings. The van der Waals surface area contributed by atoms with E-state index in [1.165, 1.54) is 0 Å². The maximum Gasteiger partial charge on any atom is 0.236 e. The number of rotatable bonds is 8. The Kier molecular flexibility index (Phi) is 7.97. The Morgan fingerprint density at radius 2 is 1.76 bits per heavy atom. The quantitative estimate of drug-likeness (QED) is 0.720. The van der Waals surface area contributed by atoms with Crippen molar-refractivity contribution in [2.45, 2.75) is 40.2 Å². The topological polar surface area (TPSA) is 76.4 Å². The molecular weight excluding hydrogens is 268 g/mol. The molecule has 0 spiro atoms. The highest BCUT2D eigenvalue weighted by atomic mass is 16.2. The summed E-state index contributed by atoms with van der Waals surface area (Å²) in [6.45, 7) is 10.9. The van der Waals surface area contributed by atoms with Gasteiger partial charge in [0.15, 0.2) is 0 Å². The minimum atomic E-state index is -0.888. The van der Waals surface area contributed by atoms with E-state index in [1.54, 1.807) is 23.8 Å². The first-order valence-corrected chi connectivity index (χ1v) is 7.38. The number of nitrogens with zero attached hydrogens (tertiary/aromatic N) is 3. The molecule has 0 radical (unpaired) electrons. The molecule has 0 unspecified atom stereocenters. The predicted molar refractivity (Wildman–Crippen MR) is 82.4 cm³/mol. The lowest BCUT2D eigenvalue weighted by Crippen LogP contribution is -2.52. The average Bonchev–Trinajstić information content (AvgIpc) is 2.39. The van der Waals surface area contributed by atoms with Crippen LogP contribution in [0.15, 0.2) is 0 Å². The Morgan fingerprint density at radius 3 is 2.14 bits per heavy atom. The van der Waals surface area contributed by atoms with Gasteiger partial charge >= 0.3 is 0 Å². The fourth-order valence-corrected chi connectivity index (χ4v) is 1.84. The fraction of sp³-hybridized carbons (Fsp3) is 0.800. The van der Waals surface area contributed by atoms with Gasteiger partial charge in [-0.2, -0.15) is 5.26 Å². The van der Waals surface area contributed by atoms with Crippen molar-refractivity contribution in [3.8, 4) is 6.07 Å². The second kappa shape index (κ2) is 8.63. The van der Waals surface area contributed by atoms with Crippen molar-refractivity contribution in [3.05, 3.63) is 0 Å². The van der Waals surface area contributed by atoms with E-state index in [-0.39, 0.29) is 30.8 Å². The van der Waals surface area contributed by atoms with Crippen LogP contribution >= 0.6 is 0 Å². The van der Waals surface area contributed by atoms with Crippen LogP contribution in [-0.4, -0.2) is 60.4 Å². The molecule has 0 saturated carbocycles. The van der Waals surface area contributed by atoms with Crippen LogP contribution < -0.4 is 5.32 Å². The van der Waals surface area contributed by atoms with Crippen molar-refractivity contribution in [1.82, 2.24) is 15.1 Å². The van der Waals surface area contributed by atoms with Gasteiger partial charge in [0.05, 0.1) is 19.2 Å². The van der Waals surface area contributed by atoms with E-state index in [9.17, 15) is 14.9 Å². The van der Waals surface area contributed by atoms with Gasteiger partial charge in [-0.25, -0.2) is 0 Å². The number of carbonyl (C=O) groups is 2. The molecule has 0 aliphatic heterocycles. The Labute approximate surface area is 128 Å². The number of likely N-dealkylation sites (N-methyl/N-ethyl adjacent to an activating group) is 2. The van der Waals surface area contributed by atoms with Crippen molar-refractivity contribution >= 4 is 11.8 Å². The summed E-state index contributed by atoms with van der Waals surface area (Å²) in [5.74, 6) is -0.237. The van der Waals surface area contributed by atoms with Gasteiger partial charge in [0, 0.05) is 13.1 Å². The number of amides is 2. The van der Waals surface area contributed by atoms with Crippen molar-refractivity contribution < 1.29 is 9.59 Å². The number of hydrogen-bond donors (Lipinski definition) is 1. The predicted octanol–water partition coefficient (Wildman–Crippen LogP) is 0.841. The maximum absolute atomic E-state index is 12.0. The van der Waals surface area contributed by atoms with E-state index in [4.69, 9.17) is 0 Å². The number of hydrogen-bond acceptors (Lipinski definition) is 4. The first-order chi connectivity index (χ1) is 9.69. The second-order valence-corrected chi connectivity index (χ2v) is 5.76. The standard InChI is InChI=1S/C15H28N4O2/c1-7-19(8-2)14(21)10-18(6)9-13(20)17-15(5,11-16)12(3)4/h12H,7-10H2,1-6H3,(H,17,20)/t15-/m0/s1. The molecule has 0 aliphatic carbocycles. The smallest absolute Gasteiger partial charge is 0.236 e. The first kappa shape index (κ1) is 19.4. The van der Waals surface area contributed by atoms with Crippen molar-refractivity contribution in [2.75, 3.05) is 33.2 Å². The van der Waals surface area contributed by atoms with E-state index in [0.717, 1.165) is 0 Å². The van der Waals surface area contributed by atoms with Gasteiger partial charge in [-0.15, -0.1) is 0 Å². The molecule has 0 aromatic carbocycles. The molecule has 1 atom stereocenters. The molecule has 2 amide bonds. The molecule has 0 aromatic rings. The molecular formula is C15H28N4O2. The SMILES string of the molecule is CCN(CC)C(=O)CN(C)CC(=O)N[C@@](C)(C#N)C(C)C. The Balaban J connectivity index is 4.47. The van der Waals surface area contributed by atoms with Gasteiger partial charge in [0.25, 0.3) is 0 Å². The number of nitriles is 1. The van der Waals surface area contributed by atoms with Crippen LogP contribution in [0.1, 0.15) is 34.6 Å². The van der Waals surface area contributed by atoms with Gasteiger partial charge in [-0.05, 0) is 33.7 Å². The van der Waals surface area contributed by atoms with Crippen LogP contribution in [0.3, 0.4) is 0 Å². The largest absolute Gasteiger partial charge is 0.342 e. The van der Waals surface area contributed by atoms with E-state index in [1.807, 2.05) is 27.7 Å². The van der Waals surface area contributed by atoms with Crippen LogP contribution in [0.5, 0.6) is 0 Å². The molecule has 0 fully saturated rings. The molecule has 6 nitrogen and oxygen atoms in total. The lowest BCUT2D eigenvalue weighted by Gasteiger charge is -2.28. The lowest BCUT2D eigenvalue weighted by atomic mass is 9.90. The molecule has 0 saturated heterocycles. The minimum absolute atomic E-state index is 0.00204. The average molecular weight is 296 g/mol. The van der Waals surface area contributed by atoms with Crippen LogP contribution in [0.4, 0.5) is 0 Å². The molecule has 21 heavy (non-hydrogen) atoms. The summed E-state index contributed by atoms with van der Waals surface area (Å²) in [5.41, 5.74) is -0.888. The molecule has 0 rings (SSSR count). The zero-order valence-corrected chi connectivity index (χ0v) is 14.1. The van der Waals surface area contributed by atoms with E-state index >= 15 is 0 Å². The highest BCUT2D eigenvalue weighted by molar-refractivity contribution is 5.81. The summed E-state index contributed by atoms with van der Waals surface area (Å²) < 4.78 is 0. The molecule has 0 bridgehead atoms. The van der Waals surface area contributed by atoms with Crippen molar-refractivity contribution in [3.63, 3.8) is 0 Å². The van der Waals surface area contributed by atoms with Crippen LogP contribution in [-0.2, 0) is 9.59 Å². The second-order valence-electron chi connectivity index (χ2n) is 5.76. The third kappa shape index (κ3) is 6.13. The normalized spacial score (nSPS) is 13.7. The molecule has 0 aromatic heterocycles. The monoisotopic (exact) mass is 296 g/mol. The van der Waals surface area contributed by atoms with Crippen LogP contribution in [0, 0.1) is 17.2 Å². The number of carbonyl (C=O) groups excluding carboxylic acids is 2. The molecule has 1 N–H and O–H groups in total. The summed E-state index contributed by atoms with van der Waals surface area (Å²) >= 11 is 0. The highest BCUT2D eigenvalue weighted by Gasteiger charge is 2.30. The van der Waals surface area contributed by atoms with Crippen LogP contribution in [0.25, 0.3) is 0 Å². The highest BCUT2D eigenvalue weighted by Crippen LogP contribution is 2.14. The third-order valence-electron chi connectivity index (χ3n) is 3.72. The molecule has 0 heterocycles. The van der Waals surface area contributed by atoms with Crippen molar-refractivity contribution in [1.29, 1.82) is 5.26 Å². The Hall–Kier alpha value is -1.61. The maximum atomic E-state index is 12.0. The first-order valence-electron chi connectivity index (χ1n) is 7.38. The van der Waals surface area contributed by atoms with Crippen molar-refractivity contribution in [2.24, 2.45) is 5.92 Å². The number of nitrogens with one attached hydrogen (secondary N) is 1. The third-order valence-corrected chi connectivity index (χ3v) is 3.72. The summed E-state index contributed by atoms with van der Waals surface area (Å²) in [6, 6.07) is 2.13. The van der Waals surface area contributed by atoms with Gasteiger partial charge in [-0.3, -0.25) is 14.5 Å². The van der Waals surface area contributed by atoms with E-state index < -0.39 is 5.54 Å². The zero-order chi connectivity index (χ0) is 16.6. The summed E-state index contributed by atoms with van der Waals surface area (Å²) in [5, 5.41) is 11.9. The van der Waals surface area contributed by atoms with Gasteiger partial charge < -0.3 is 10.2 Å². The van der Waals surface area contributed by atoms with E-state index in [0.29, 0.717) is 13.1 Å².